The molecule has 2 aromatic rings. The maximum atomic E-state index is 11.6. The molecule has 0 N–H and O–H groups in total. The molecule has 0 atom stereocenters. The Morgan fingerprint density at radius 1 is 1.08 bits per heavy atom. The summed E-state index contributed by atoms with van der Waals surface area (Å²) in [5.74, 6) is 0.155. The molecule has 0 saturated carbocycles. The van der Waals surface area contributed by atoms with E-state index in [-0.39, 0.29) is 12.6 Å². The molecule has 0 radical (unpaired) electrons. The van der Waals surface area contributed by atoms with Gasteiger partial charge in [0.15, 0.2) is 0 Å². The number of benzene rings is 2. The number of esters is 1. The first-order valence-corrected chi connectivity index (χ1v) is 8.16. The Morgan fingerprint density at radius 2 is 1.75 bits per heavy atom. The zero-order chi connectivity index (χ0) is 17.3. The van der Waals surface area contributed by atoms with E-state index in [0.717, 1.165) is 22.3 Å². The van der Waals surface area contributed by atoms with E-state index in [9.17, 15) is 4.79 Å². The van der Waals surface area contributed by atoms with Gasteiger partial charge in [-0.25, -0.2) is 4.79 Å². The smallest absolute Gasteiger partial charge is 0.337 e. The average molecular weight is 343 g/mol. The lowest BCUT2D eigenvalue weighted by atomic mass is 9.97. The average Bonchev–Trinajstić information content (AvgIpc) is 2.54. The fourth-order valence-electron chi connectivity index (χ4n) is 2.55. The lowest BCUT2D eigenvalue weighted by Gasteiger charge is -2.31. The van der Waals surface area contributed by atoms with Crippen LogP contribution in [-0.2, 0) is 14.3 Å². The van der Waals surface area contributed by atoms with E-state index in [0.29, 0.717) is 10.8 Å². The zero-order valence-electron chi connectivity index (χ0n) is 13.9. The second-order valence-corrected chi connectivity index (χ2v) is 6.80. The van der Waals surface area contributed by atoms with Crippen molar-refractivity contribution in [1.82, 2.24) is 0 Å². The van der Waals surface area contributed by atoms with Crippen LogP contribution in [0, 0.1) is 6.92 Å². The second kappa shape index (κ2) is 6.42. The van der Waals surface area contributed by atoms with Crippen molar-refractivity contribution in [1.29, 1.82) is 0 Å². The number of ether oxygens (including phenoxy) is 2. The van der Waals surface area contributed by atoms with Crippen molar-refractivity contribution >= 4 is 23.6 Å². The molecule has 4 heteroatoms. The molecule has 0 aliphatic carbocycles. The zero-order valence-corrected chi connectivity index (χ0v) is 14.7. The third-order valence-corrected chi connectivity index (χ3v) is 4.36. The van der Waals surface area contributed by atoms with Crippen molar-refractivity contribution in [3.05, 3.63) is 64.4 Å². The van der Waals surface area contributed by atoms with Gasteiger partial charge in [-0.15, -0.1) is 0 Å². The first-order chi connectivity index (χ1) is 11.3. The van der Waals surface area contributed by atoms with Crippen molar-refractivity contribution < 1.29 is 14.3 Å². The number of carbonyl (C=O) groups is 1. The number of aryl methyl sites for hydroxylation is 1. The maximum Gasteiger partial charge on any atom is 0.337 e. The van der Waals surface area contributed by atoms with E-state index in [1.54, 1.807) is 0 Å². The van der Waals surface area contributed by atoms with Crippen LogP contribution >= 0.6 is 11.6 Å². The molecule has 0 aromatic heterocycles. The molecular formula is C20H19ClO3. The quantitative estimate of drug-likeness (QED) is 0.720. The minimum absolute atomic E-state index is 0.0197. The maximum absolute atomic E-state index is 11.6. The molecule has 3 nitrogen and oxygen atoms in total. The minimum Gasteiger partial charge on any atom is -0.426 e. The number of hydrogen-bond donors (Lipinski definition) is 0. The Labute approximate surface area is 146 Å². The molecule has 1 aliphatic rings. The molecule has 1 aliphatic heterocycles. The van der Waals surface area contributed by atoms with Gasteiger partial charge in [0.25, 0.3) is 0 Å². The summed E-state index contributed by atoms with van der Waals surface area (Å²) >= 11 is 5.96. The van der Waals surface area contributed by atoms with Crippen molar-refractivity contribution in [3.8, 4) is 11.1 Å². The Balaban J connectivity index is 2.01. The summed E-state index contributed by atoms with van der Waals surface area (Å²) in [6, 6.07) is 13.9. The highest BCUT2D eigenvalue weighted by atomic mass is 35.5. The van der Waals surface area contributed by atoms with E-state index in [1.165, 1.54) is 0 Å². The fraction of sp³-hybridized carbons (Fsp3) is 0.250. The Morgan fingerprint density at radius 3 is 2.46 bits per heavy atom. The summed E-state index contributed by atoms with van der Waals surface area (Å²) in [5.41, 5.74) is 3.61. The molecule has 0 unspecified atom stereocenters. The molecule has 0 amide bonds. The third-order valence-electron chi connectivity index (χ3n) is 4.11. The van der Waals surface area contributed by atoms with Crippen molar-refractivity contribution in [2.75, 3.05) is 6.61 Å². The van der Waals surface area contributed by atoms with Crippen LogP contribution in [-0.4, -0.2) is 18.2 Å². The molecule has 1 heterocycles. The number of rotatable bonds is 2. The van der Waals surface area contributed by atoms with E-state index >= 15 is 0 Å². The molecule has 1 fully saturated rings. The van der Waals surface area contributed by atoms with Crippen LogP contribution in [0.5, 0.6) is 0 Å². The molecule has 0 bridgehead atoms. The van der Waals surface area contributed by atoms with Crippen LogP contribution in [0.1, 0.15) is 25.0 Å². The standard InChI is InChI=1S/C20H19ClO3/c1-13-4-5-15(14-6-8-17(21)9-7-14)10-16(13)11-18-20(2,3)23-12-19(22)24-18/h4-11H,12H2,1-3H3/b18-11-. The van der Waals surface area contributed by atoms with Crippen molar-refractivity contribution in [3.63, 3.8) is 0 Å². The first kappa shape index (κ1) is 16.7. The highest BCUT2D eigenvalue weighted by Gasteiger charge is 2.33. The van der Waals surface area contributed by atoms with E-state index in [4.69, 9.17) is 21.1 Å². The van der Waals surface area contributed by atoms with Crippen LogP contribution < -0.4 is 0 Å². The SMILES string of the molecule is Cc1ccc(-c2ccc(Cl)cc2)cc1/C=C1\OC(=O)COC1(C)C. The lowest BCUT2D eigenvalue weighted by molar-refractivity contribution is -0.165. The Bertz CT molecular complexity index is 804. The van der Waals surface area contributed by atoms with E-state index in [2.05, 4.69) is 18.2 Å². The highest BCUT2D eigenvalue weighted by Crippen LogP contribution is 2.30. The number of hydrogen-bond acceptors (Lipinski definition) is 3. The molecule has 3 rings (SSSR count). The van der Waals surface area contributed by atoms with Gasteiger partial charge in [-0.05, 0) is 67.3 Å². The fourth-order valence-corrected chi connectivity index (χ4v) is 2.67. The Kier molecular flexibility index (Phi) is 4.48. The normalized spacial score (nSPS) is 18.5. The molecule has 124 valence electrons. The van der Waals surface area contributed by atoms with Gasteiger partial charge >= 0.3 is 5.97 Å². The van der Waals surface area contributed by atoms with Gasteiger partial charge < -0.3 is 9.47 Å². The van der Waals surface area contributed by atoms with Crippen LogP contribution in [0.4, 0.5) is 0 Å². The van der Waals surface area contributed by atoms with Gasteiger partial charge in [-0.1, -0.05) is 35.9 Å². The van der Waals surface area contributed by atoms with Crippen molar-refractivity contribution in [2.45, 2.75) is 26.4 Å². The predicted octanol–water partition coefficient (Wildman–Crippen LogP) is 5.01. The van der Waals surface area contributed by atoms with Gasteiger partial charge in [0.2, 0.25) is 0 Å². The first-order valence-electron chi connectivity index (χ1n) is 7.78. The van der Waals surface area contributed by atoms with Crippen LogP contribution in [0.3, 0.4) is 0 Å². The lowest BCUT2D eigenvalue weighted by Crippen LogP contribution is -2.38. The van der Waals surface area contributed by atoms with Gasteiger partial charge in [0.05, 0.1) is 0 Å². The van der Waals surface area contributed by atoms with Crippen LogP contribution in [0.2, 0.25) is 5.02 Å². The van der Waals surface area contributed by atoms with Gasteiger partial charge in [-0.2, -0.15) is 0 Å². The van der Waals surface area contributed by atoms with Crippen molar-refractivity contribution in [2.24, 2.45) is 0 Å². The highest BCUT2D eigenvalue weighted by molar-refractivity contribution is 6.30. The molecule has 24 heavy (non-hydrogen) atoms. The topological polar surface area (TPSA) is 35.5 Å². The van der Waals surface area contributed by atoms with Gasteiger partial charge in [0, 0.05) is 5.02 Å². The minimum atomic E-state index is -0.628. The summed E-state index contributed by atoms with van der Waals surface area (Å²) in [7, 11) is 0. The monoisotopic (exact) mass is 342 g/mol. The predicted molar refractivity (Wildman–Crippen MR) is 95.7 cm³/mol. The summed E-state index contributed by atoms with van der Waals surface area (Å²) in [6.45, 7) is 5.79. The largest absolute Gasteiger partial charge is 0.426 e. The number of halogens is 1. The van der Waals surface area contributed by atoms with Gasteiger partial charge in [0.1, 0.15) is 18.0 Å². The summed E-state index contributed by atoms with van der Waals surface area (Å²) in [5, 5.41) is 0.709. The summed E-state index contributed by atoms with van der Waals surface area (Å²) in [4.78, 5) is 11.6. The molecule has 0 spiro atoms. The van der Waals surface area contributed by atoms with E-state index < -0.39 is 5.60 Å². The van der Waals surface area contributed by atoms with Crippen LogP contribution in [0.15, 0.2) is 48.2 Å². The van der Waals surface area contributed by atoms with Crippen LogP contribution in [0.25, 0.3) is 17.2 Å². The molecule has 2 aromatic carbocycles. The molecule has 1 saturated heterocycles. The summed E-state index contributed by atoms with van der Waals surface area (Å²) in [6.07, 6.45) is 1.88. The van der Waals surface area contributed by atoms with Gasteiger partial charge in [-0.3, -0.25) is 0 Å². The summed E-state index contributed by atoms with van der Waals surface area (Å²) < 4.78 is 11.0. The number of carbonyl (C=O) groups excluding carboxylic acids is 1. The number of cyclic esters (lactones) is 1. The third kappa shape index (κ3) is 3.53. The second-order valence-electron chi connectivity index (χ2n) is 6.36. The molecular weight excluding hydrogens is 324 g/mol. The van der Waals surface area contributed by atoms with E-state index in [1.807, 2.05) is 51.1 Å². The Hall–Kier alpha value is -2.10.